The van der Waals surface area contributed by atoms with Crippen LogP contribution in [0.25, 0.3) is 0 Å². The molecule has 1 heterocycles. The fourth-order valence-corrected chi connectivity index (χ4v) is 2.73. The second-order valence-electron chi connectivity index (χ2n) is 5.89. The standard InChI is InChI=1S/C18H16F2N2O2/c1-11-2-4-16(5-3-11)22-10-12(6-17(22)23)18(24)21-15-8-13(19)7-14(20)9-15/h2-5,7-9,12H,6,10H2,1H3,(H,21,24)/t12-/m0/s1. The maximum absolute atomic E-state index is 13.2. The lowest BCUT2D eigenvalue weighted by Gasteiger charge is -2.17. The normalized spacial score (nSPS) is 17.2. The zero-order valence-electron chi connectivity index (χ0n) is 13.1. The molecule has 0 aromatic heterocycles. The first-order valence-corrected chi connectivity index (χ1v) is 7.56. The molecule has 4 nitrogen and oxygen atoms in total. The van der Waals surface area contributed by atoms with Gasteiger partial charge >= 0.3 is 0 Å². The molecule has 1 saturated heterocycles. The van der Waals surface area contributed by atoms with Gasteiger partial charge in [0.25, 0.3) is 0 Å². The molecule has 0 radical (unpaired) electrons. The van der Waals surface area contributed by atoms with E-state index in [0.717, 1.165) is 29.4 Å². The second kappa shape index (κ2) is 6.39. The Morgan fingerprint density at radius 2 is 1.75 bits per heavy atom. The smallest absolute Gasteiger partial charge is 0.229 e. The summed E-state index contributed by atoms with van der Waals surface area (Å²) in [5.74, 6) is -2.68. The highest BCUT2D eigenvalue weighted by Crippen LogP contribution is 2.26. The van der Waals surface area contributed by atoms with E-state index in [2.05, 4.69) is 5.32 Å². The lowest BCUT2D eigenvalue weighted by atomic mass is 10.1. The number of aryl methyl sites for hydroxylation is 1. The summed E-state index contributed by atoms with van der Waals surface area (Å²) in [6.07, 6.45) is 0.0670. The van der Waals surface area contributed by atoms with Crippen molar-refractivity contribution in [2.24, 2.45) is 5.92 Å². The molecule has 0 unspecified atom stereocenters. The lowest BCUT2D eigenvalue weighted by Crippen LogP contribution is -2.28. The molecular formula is C18H16F2N2O2. The minimum atomic E-state index is -0.769. The first-order chi connectivity index (χ1) is 11.4. The Kier molecular flexibility index (Phi) is 4.29. The number of carbonyl (C=O) groups excluding carboxylic acids is 2. The van der Waals surface area contributed by atoms with E-state index in [-0.39, 0.29) is 24.6 Å². The number of anilines is 2. The molecule has 1 atom stereocenters. The number of carbonyl (C=O) groups is 2. The molecule has 1 aliphatic rings. The summed E-state index contributed by atoms with van der Waals surface area (Å²) in [6.45, 7) is 2.19. The molecule has 1 aliphatic heterocycles. The molecule has 1 N–H and O–H groups in total. The topological polar surface area (TPSA) is 49.4 Å². The predicted octanol–water partition coefficient (Wildman–Crippen LogP) is 3.26. The van der Waals surface area contributed by atoms with Crippen molar-refractivity contribution in [1.29, 1.82) is 0 Å². The van der Waals surface area contributed by atoms with Gasteiger partial charge in [-0.15, -0.1) is 0 Å². The predicted molar refractivity (Wildman–Crippen MR) is 86.6 cm³/mol. The number of benzene rings is 2. The highest BCUT2D eigenvalue weighted by atomic mass is 19.1. The second-order valence-corrected chi connectivity index (χ2v) is 5.89. The van der Waals surface area contributed by atoms with E-state index < -0.39 is 23.5 Å². The zero-order valence-corrected chi connectivity index (χ0v) is 13.1. The Morgan fingerprint density at radius 1 is 1.12 bits per heavy atom. The Balaban J connectivity index is 1.70. The fourth-order valence-electron chi connectivity index (χ4n) is 2.73. The van der Waals surface area contributed by atoms with Crippen molar-refractivity contribution < 1.29 is 18.4 Å². The van der Waals surface area contributed by atoms with E-state index in [1.54, 1.807) is 4.90 Å². The van der Waals surface area contributed by atoms with Gasteiger partial charge in [-0.2, -0.15) is 0 Å². The molecule has 3 rings (SSSR count). The Hall–Kier alpha value is -2.76. The van der Waals surface area contributed by atoms with Crippen LogP contribution in [0.15, 0.2) is 42.5 Å². The average molecular weight is 330 g/mol. The van der Waals surface area contributed by atoms with Gasteiger partial charge in [0, 0.05) is 30.4 Å². The summed E-state index contributed by atoms with van der Waals surface area (Å²) in [6, 6.07) is 10.3. The molecule has 24 heavy (non-hydrogen) atoms. The number of hydrogen-bond donors (Lipinski definition) is 1. The van der Waals surface area contributed by atoms with Crippen molar-refractivity contribution in [2.45, 2.75) is 13.3 Å². The third-order valence-electron chi connectivity index (χ3n) is 3.97. The first-order valence-electron chi connectivity index (χ1n) is 7.56. The van der Waals surface area contributed by atoms with Gasteiger partial charge in [0.2, 0.25) is 11.8 Å². The molecular weight excluding hydrogens is 314 g/mol. The van der Waals surface area contributed by atoms with Crippen LogP contribution >= 0.6 is 0 Å². The Morgan fingerprint density at radius 3 is 2.38 bits per heavy atom. The third kappa shape index (κ3) is 3.42. The van der Waals surface area contributed by atoms with Crippen LogP contribution in [-0.4, -0.2) is 18.4 Å². The van der Waals surface area contributed by atoms with E-state index in [1.165, 1.54) is 0 Å². The summed E-state index contributed by atoms with van der Waals surface area (Å²) < 4.78 is 26.4. The molecule has 2 aromatic carbocycles. The van der Waals surface area contributed by atoms with E-state index >= 15 is 0 Å². The number of hydrogen-bond acceptors (Lipinski definition) is 2. The third-order valence-corrected chi connectivity index (χ3v) is 3.97. The van der Waals surface area contributed by atoms with Crippen molar-refractivity contribution in [3.63, 3.8) is 0 Å². The number of amides is 2. The number of rotatable bonds is 3. The van der Waals surface area contributed by atoms with Crippen molar-refractivity contribution in [3.8, 4) is 0 Å². The minimum absolute atomic E-state index is 0.0405. The monoisotopic (exact) mass is 330 g/mol. The summed E-state index contributed by atoms with van der Waals surface area (Å²) >= 11 is 0. The van der Waals surface area contributed by atoms with Crippen molar-refractivity contribution in [2.75, 3.05) is 16.8 Å². The van der Waals surface area contributed by atoms with Gasteiger partial charge in [-0.05, 0) is 31.2 Å². The lowest BCUT2D eigenvalue weighted by molar-refractivity contribution is -0.122. The summed E-state index contributed by atoms with van der Waals surface area (Å²) in [5.41, 5.74) is 1.85. The van der Waals surface area contributed by atoms with Gasteiger partial charge in [-0.3, -0.25) is 9.59 Å². The molecule has 124 valence electrons. The summed E-state index contributed by atoms with van der Waals surface area (Å²) in [4.78, 5) is 26.0. The number of halogens is 2. The Bertz CT molecular complexity index is 770. The zero-order chi connectivity index (χ0) is 17.3. The molecule has 0 bridgehead atoms. The van der Waals surface area contributed by atoms with Crippen LogP contribution in [-0.2, 0) is 9.59 Å². The van der Waals surface area contributed by atoms with E-state index in [0.29, 0.717) is 0 Å². The van der Waals surface area contributed by atoms with Crippen molar-refractivity contribution >= 4 is 23.2 Å². The van der Waals surface area contributed by atoms with E-state index in [4.69, 9.17) is 0 Å². The molecule has 2 amide bonds. The first kappa shape index (κ1) is 16.1. The highest BCUT2D eigenvalue weighted by molar-refractivity contribution is 6.03. The maximum Gasteiger partial charge on any atom is 0.229 e. The van der Waals surface area contributed by atoms with Crippen LogP contribution in [0.5, 0.6) is 0 Å². The van der Waals surface area contributed by atoms with Crippen LogP contribution in [0.1, 0.15) is 12.0 Å². The van der Waals surface area contributed by atoms with Gasteiger partial charge in [-0.1, -0.05) is 17.7 Å². The molecule has 0 aliphatic carbocycles. The molecule has 0 saturated carbocycles. The van der Waals surface area contributed by atoms with Gasteiger partial charge < -0.3 is 10.2 Å². The van der Waals surface area contributed by atoms with Crippen molar-refractivity contribution in [1.82, 2.24) is 0 Å². The molecule has 2 aromatic rings. The summed E-state index contributed by atoms with van der Waals surface area (Å²) in [5, 5.41) is 2.47. The maximum atomic E-state index is 13.2. The Labute approximate surface area is 138 Å². The largest absolute Gasteiger partial charge is 0.326 e. The quantitative estimate of drug-likeness (QED) is 0.939. The molecule has 6 heteroatoms. The number of nitrogens with one attached hydrogen (secondary N) is 1. The van der Waals surface area contributed by atoms with Gasteiger partial charge in [0.15, 0.2) is 0 Å². The highest BCUT2D eigenvalue weighted by Gasteiger charge is 2.35. The van der Waals surface area contributed by atoms with Crippen molar-refractivity contribution in [3.05, 3.63) is 59.7 Å². The fraction of sp³-hybridized carbons (Fsp3) is 0.222. The summed E-state index contributed by atoms with van der Waals surface area (Å²) in [7, 11) is 0. The van der Waals surface area contributed by atoms with Gasteiger partial charge in [0.05, 0.1) is 5.92 Å². The van der Waals surface area contributed by atoms with Crippen LogP contribution in [0.4, 0.5) is 20.2 Å². The molecule has 1 fully saturated rings. The van der Waals surface area contributed by atoms with E-state index in [9.17, 15) is 18.4 Å². The van der Waals surface area contributed by atoms with Crippen LogP contribution in [0.2, 0.25) is 0 Å². The SMILES string of the molecule is Cc1ccc(N2C[C@@H](C(=O)Nc3cc(F)cc(F)c3)CC2=O)cc1. The van der Waals surface area contributed by atoms with Gasteiger partial charge in [0.1, 0.15) is 11.6 Å². The number of nitrogens with zero attached hydrogens (tertiary/aromatic N) is 1. The van der Waals surface area contributed by atoms with Crippen LogP contribution in [0, 0.1) is 24.5 Å². The minimum Gasteiger partial charge on any atom is -0.326 e. The van der Waals surface area contributed by atoms with Crippen LogP contribution in [0.3, 0.4) is 0 Å². The van der Waals surface area contributed by atoms with Gasteiger partial charge in [-0.25, -0.2) is 8.78 Å². The van der Waals surface area contributed by atoms with E-state index in [1.807, 2.05) is 31.2 Å². The average Bonchev–Trinajstić information content (AvgIpc) is 2.89. The molecule has 0 spiro atoms. The van der Waals surface area contributed by atoms with Crippen LogP contribution < -0.4 is 10.2 Å².